The molecular weight excluding hydrogens is 241 g/mol. The molecule has 1 aromatic carbocycles. The number of halogens is 1. The van der Waals surface area contributed by atoms with Crippen LogP contribution >= 0.6 is 0 Å². The lowest BCUT2D eigenvalue weighted by atomic mass is 10.0. The van der Waals surface area contributed by atoms with E-state index in [0.717, 1.165) is 24.2 Å². The molecule has 0 radical (unpaired) electrons. The lowest BCUT2D eigenvalue weighted by Gasteiger charge is -2.17. The summed E-state index contributed by atoms with van der Waals surface area (Å²) in [6, 6.07) is 6.76. The first-order valence-corrected chi connectivity index (χ1v) is 6.53. The predicted octanol–water partition coefficient (Wildman–Crippen LogP) is 2.90. The number of hydrogen-bond donors (Lipinski definition) is 1. The summed E-state index contributed by atoms with van der Waals surface area (Å²) in [4.78, 5) is 8.43. The molecular formula is C15H18FN3. The quantitative estimate of drug-likeness (QED) is 0.866. The summed E-state index contributed by atoms with van der Waals surface area (Å²) in [5.74, 6) is -0.203. The Morgan fingerprint density at radius 2 is 2.21 bits per heavy atom. The van der Waals surface area contributed by atoms with Crippen molar-refractivity contribution < 1.29 is 4.39 Å². The van der Waals surface area contributed by atoms with Crippen LogP contribution in [0, 0.1) is 5.82 Å². The van der Waals surface area contributed by atoms with Crippen molar-refractivity contribution in [2.45, 2.75) is 25.8 Å². The average molecular weight is 259 g/mol. The highest BCUT2D eigenvalue weighted by atomic mass is 19.1. The Kier molecular flexibility index (Phi) is 4.98. The van der Waals surface area contributed by atoms with Crippen LogP contribution in [0.4, 0.5) is 4.39 Å². The van der Waals surface area contributed by atoms with Gasteiger partial charge in [0.05, 0.1) is 11.7 Å². The van der Waals surface area contributed by atoms with E-state index in [4.69, 9.17) is 0 Å². The Hall–Kier alpha value is -1.81. The topological polar surface area (TPSA) is 37.8 Å². The van der Waals surface area contributed by atoms with Gasteiger partial charge in [-0.05, 0) is 37.1 Å². The molecule has 0 saturated carbocycles. The normalized spacial score (nSPS) is 12.3. The van der Waals surface area contributed by atoms with Crippen molar-refractivity contribution in [3.63, 3.8) is 0 Å². The van der Waals surface area contributed by atoms with Crippen LogP contribution < -0.4 is 5.32 Å². The van der Waals surface area contributed by atoms with Gasteiger partial charge in [0.2, 0.25) is 0 Å². The lowest BCUT2D eigenvalue weighted by molar-refractivity contribution is 0.514. The van der Waals surface area contributed by atoms with E-state index in [-0.39, 0.29) is 11.9 Å². The number of nitrogens with zero attached hydrogens (tertiary/aromatic N) is 2. The van der Waals surface area contributed by atoms with Crippen molar-refractivity contribution in [3.8, 4) is 0 Å². The minimum atomic E-state index is -0.203. The second-order valence-corrected chi connectivity index (χ2v) is 4.47. The molecule has 0 spiro atoms. The van der Waals surface area contributed by atoms with Gasteiger partial charge >= 0.3 is 0 Å². The fourth-order valence-corrected chi connectivity index (χ4v) is 1.99. The summed E-state index contributed by atoms with van der Waals surface area (Å²) in [5.41, 5.74) is 1.85. The van der Waals surface area contributed by atoms with Gasteiger partial charge in [0.25, 0.3) is 0 Å². The zero-order valence-electron chi connectivity index (χ0n) is 11.0. The Morgan fingerprint density at radius 3 is 2.89 bits per heavy atom. The highest BCUT2D eigenvalue weighted by Crippen LogP contribution is 2.16. The van der Waals surface area contributed by atoms with Gasteiger partial charge in [-0.15, -0.1) is 0 Å². The maximum Gasteiger partial charge on any atom is 0.123 e. The van der Waals surface area contributed by atoms with Gasteiger partial charge in [-0.25, -0.2) is 4.39 Å². The average Bonchev–Trinajstić information content (AvgIpc) is 2.44. The largest absolute Gasteiger partial charge is 0.308 e. The second kappa shape index (κ2) is 6.95. The minimum absolute atomic E-state index is 0.0652. The Bertz CT molecular complexity index is 502. The number of aromatic nitrogens is 2. The highest BCUT2D eigenvalue weighted by Gasteiger charge is 2.13. The second-order valence-electron chi connectivity index (χ2n) is 4.47. The molecule has 3 nitrogen and oxygen atoms in total. The van der Waals surface area contributed by atoms with Crippen molar-refractivity contribution in [3.05, 3.63) is 59.9 Å². The van der Waals surface area contributed by atoms with Crippen LogP contribution in [0.1, 0.15) is 30.6 Å². The maximum atomic E-state index is 13.2. The maximum absolute atomic E-state index is 13.2. The van der Waals surface area contributed by atoms with Gasteiger partial charge in [-0.1, -0.05) is 19.1 Å². The van der Waals surface area contributed by atoms with E-state index >= 15 is 0 Å². The molecule has 4 heteroatoms. The predicted molar refractivity (Wildman–Crippen MR) is 73.2 cm³/mol. The van der Waals surface area contributed by atoms with Crippen LogP contribution in [0.2, 0.25) is 0 Å². The fraction of sp³-hybridized carbons (Fsp3) is 0.333. The Balaban J connectivity index is 2.14. The van der Waals surface area contributed by atoms with E-state index in [0.29, 0.717) is 6.42 Å². The molecule has 0 aliphatic rings. The molecule has 2 rings (SSSR count). The van der Waals surface area contributed by atoms with E-state index in [1.165, 1.54) is 6.07 Å². The van der Waals surface area contributed by atoms with Crippen molar-refractivity contribution in [2.24, 2.45) is 0 Å². The van der Waals surface area contributed by atoms with E-state index in [9.17, 15) is 4.39 Å². The summed E-state index contributed by atoms with van der Waals surface area (Å²) >= 11 is 0. The smallest absolute Gasteiger partial charge is 0.123 e. The van der Waals surface area contributed by atoms with Crippen molar-refractivity contribution >= 4 is 0 Å². The number of benzene rings is 1. The first-order chi connectivity index (χ1) is 9.29. The third-order valence-electron chi connectivity index (χ3n) is 2.91. The summed E-state index contributed by atoms with van der Waals surface area (Å²) in [6.07, 6.45) is 6.84. The third-order valence-corrected chi connectivity index (χ3v) is 2.91. The van der Waals surface area contributed by atoms with Gasteiger partial charge < -0.3 is 5.32 Å². The van der Waals surface area contributed by atoms with Crippen LogP contribution in [-0.4, -0.2) is 16.5 Å². The SMILES string of the molecule is CCCNC(Cc1cccc(F)c1)c1cnccn1. The molecule has 1 N–H and O–H groups in total. The van der Waals surface area contributed by atoms with Gasteiger partial charge in [0.15, 0.2) is 0 Å². The molecule has 1 heterocycles. The molecule has 1 unspecified atom stereocenters. The van der Waals surface area contributed by atoms with Crippen LogP contribution in [-0.2, 0) is 6.42 Å². The number of nitrogens with one attached hydrogen (secondary N) is 1. The summed E-state index contributed by atoms with van der Waals surface area (Å²) in [6.45, 7) is 3.01. The third kappa shape index (κ3) is 4.10. The van der Waals surface area contributed by atoms with Gasteiger partial charge in [0.1, 0.15) is 5.82 Å². The first kappa shape index (κ1) is 13.6. The Morgan fingerprint density at radius 1 is 1.32 bits per heavy atom. The minimum Gasteiger partial charge on any atom is -0.308 e. The van der Waals surface area contributed by atoms with E-state index in [2.05, 4.69) is 22.2 Å². The van der Waals surface area contributed by atoms with Crippen LogP contribution in [0.3, 0.4) is 0 Å². The fourth-order valence-electron chi connectivity index (χ4n) is 1.99. The molecule has 0 fully saturated rings. The molecule has 2 aromatic rings. The molecule has 0 bridgehead atoms. The van der Waals surface area contributed by atoms with Crippen molar-refractivity contribution in [2.75, 3.05) is 6.54 Å². The summed E-state index contributed by atoms with van der Waals surface area (Å²) in [5, 5.41) is 3.43. The van der Waals surface area contributed by atoms with Crippen LogP contribution in [0.15, 0.2) is 42.9 Å². The Labute approximate surface area is 112 Å². The number of rotatable bonds is 6. The molecule has 19 heavy (non-hydrogen) atoms. The molecule has 1 atom stereocenters. The summed E-state index contributed by atoms with van der Waals surface area (Å²) < 4.78 is 13.2. The van der Waals surface area contributed by atoms with Gasteiger partial charge in [-0.3, -0.25) is 9.97 Å². The monoisotopic (exact) mass is 259 g/mol. The van der Waals surface area contributed by atoms with Crippen LogP contribution in [0.25, 0.3) is 0 Å². The van der Waals surface area contributed by atoms with E-state index < -0.39 is 0 Å². The van der Waals surface area contributed by atoms with Gasteiger partial charge in [-0.2, -0.15) is 0 Å². The number of hydrogen-bond acceptors (Lipinski definition) is 3. The molecule has 100 valence electrons. The zero-order chi connectivity index (χ0) is 13.5. The standard InChI is InChI=1S/C15H18FN3/c1-2-6-18-14(15-11-17-7-8-19-15)10-12-4-3-5-13(16)9-12/h3-5,7-9,11,14,18H,2,6,10H2,1H3. The molecule has 1 aromatic heterocycles. The van der Waals surface area contributed by atoms with Crippen molar-refractivity contribution in [1.29, 1.82) is 0 Å². The molecule has 0 aliphatic carbocycles. The summed E-state index contributed by atoms with van der Waals surface area (Å²) in [7, 11) is 0. The molecule has 0 saturated heterocycles. The first-order valence-electron chi connectivity index (χ1n) is 6.53. The zero-order valence-corrected chi connectivity index (χ0v) is 11.0. The van der Waals surface area contributed by atoms with E-state index in [1.807, 2.05) is 6.07 Å². The molecule has 0 aliphatic heterocycles. The van der Waals surface area contributed by atoms with Crippen LogP contribution in [0.5, 0.6) is 0 Å². The van der Waals surface area contributed by atoms with Crippen molar-refractivity contribution in [1.82, 2.24) is 15.3 Å². The molecule has 0 amide bonds. The lowest BCUT2D eigenvalue weighted by Crippen LogP contribution is -2.25. The van der Waals surface area contributed by atoms with E-state index in [1.54, 1.807) is 30.7 Å². The highest BCUT2D eigenvalue weighted by molar-refractivity contribution is 5.19. The van der Waals surface area contributed by atoms with Gasteiger partial charge in [0, 0.05) is 18.6 Å².